The van der Waals surface area contributed by atoms with Crippen LogP contribution in [0.3, 0.4) is 0 Å². The van der Waals surface area contributed by atoms with Gasteiger partial charge < -0.3 is 32.7 Å². The van der Waals surface area contributed by atoms with Crippen LogP contribution in [0.25, 0.3) is 0 Å². The molecule has 6 nitrogen and oxygen atoms in total. The smallest absolute Gasteiger partial charge is 0.481 e. The summed E-state index contributed by atoms with van der Waals surface area (Å²) >= 11 is 0. The average Bonchev–Trinajstić information content (AvgIpc) is 2.78. The topological polar surface area (TPSA) is 87.2 Å². The lowest BCUT2D eigenvalue weighted by atomic mass is 10.3. The molecule has 0 radical (unpaired) electrons. The molecule has 0 amide bonds. The van der Waals surface area contributed by atoms with Gasteiger partial charge in [0.1, 0.15) is 7.40 Å². The molecule has 92 valence electrons. The van der Waals surface area contributed by atoms with Crippen molar-refractivity contribution in [2.24, 2.45) is 0 Å². The van der Waals surface area contributed by atoms with Crippen LogP contribution in [0.2, 0.25) is 0 Å². The molecule has 0 spiro atoms. The SMILES string of the molecule is CC1=[O+]CCO1.CC1=[O+]CCO1.[O-]B([O-])F. The molecule has 0 atom stereocenters. The average molecular weight is 236 g/mol. The van der Waals surface area contributed by atoms with Crippen LogP contribution in [0.5, 0.6) is 0 Å². The Labute approximate surface area is 93.2 Å². The molecule has 0 aromatic heterocycles. The fourth-order valence-corrected chi connectivity index (χ4v) is 0.825. The van der Waals surface area contributed by atoms with Crippen molar-refractivity contribution in [3.63, 3.8) is 0 Å². The highest BCUT2D eigenvalue weighted by Crippen LogP contribution is 1.84. The molecule has 0 aromatic carbocycles. The lowest BCUT2D eigenvalue weighted by molar-refractivity contribution is -0.445. The first-order valence-corrected chi connectivity index (χ1v) is 4.66. The van der Waals surface area contributed by atoms with Crippen LogP contribution in [0.4, 0.5) is 4.32 Å². The summed E-state index contributed by atoms with van der Waals surface area (Å²) in [7, 11) is -3.17. The van der Waals surface area contributed by atoms with Crippen molar-refractivity contribution < 1.29 is 32.7 Å². The molecule has 0 N–H and O–H groups in total. The van der Waals surface area contributed by atoms with Crippen molar-refractivity contribution in [3.05, 3.63) is 0 Å². The zero-order valence-electron chi connectivity index (χ0n) is 9.23. The zero-order chi connectivity index (χ0) is 12.4. The molecule has 2 aliphatic rings. The normalized spacial score (nSPS) is 16.6. The van der Waals surface area contributed by atoms with E-state index >= 15 is 0 Å². The molecule has 0 unspecified atom stereocenters. The van der Waals surface area contributed by atoms with Gasteiger partial charge in [0.05, 0.1) is 13.8 Å². The van der Waals surface area contributed by atoms with Gasteiger partial charge in [-0.05, 0) is 0 Å². The Morgan fingerprint density at radius 2 is 1.38 bits per heavy atom. The van der Waals surface area contributed by atoms with Crippen LogP contribution in [0, 0.1) is 0 Å². The quantitative estimate of drug-likeness (QED) is 0.273. The highest BCUT2D eigenvalue weighted by atomic mass is 19.1. The third-order valence-electron chi connectivity index (χ3n) is 1.39. The van der Waals surface area contributed by atoms with Gasteiger partial charge in [-0.2, -0.15) is 0 Å². The maximum atomic E-state index is 9.89. The lowest BCUT2D eigenvalue weighted by Gasteiger charge is -2.09. The van der Waals surface area contributed by atoms with Gasteiger partial charge in [0.15, 0.2) is 0 Å². The summed E-state index contributed by atoms with van der Waals surface area (Å²) in [6.07, 6.45) is 0. The van der Waals surface area contributed by atoms with E-state index in [9.17, 15) is 4.32 Å². The fourth-order valence-electron chi connectivity index (χ4n) is 0.825. The molecule has 0 saturated carbocycles. The van der Waals surface area contributed by atoms with Gasteiger partial charge in [0.2, 0.25) is 26.4 Å². The van der Waals surface area contributed by atoms with E-state index in [-0.39, 0.29) is 0 Å². The van der Waals surface area contributed by atoms with E-state index in [1.54, 1.807) is 0 Å². The Morgan fingerprint density at radius 1 is 1.06 bits per heavy atom. The molecule has 0 fully saturated rings. The van der Waals surface area contributed by atoms with Gasteiger partial charge in [-0.3, -0.25) is 0 Å². The van der Waals surface area contributed by atoms with Crippen molar-refractivity contribution >= 4 is 19.3 Å². The van der Waals surface area contributed by atoms with E-state index < -0.39 is 7.40 Å². The van der Waals surface area contributed by atoms with Gasteiger partial charge in [-0.1, -0.05) is 0 Å². The largest absolute Gasteiger partial charge is 0.867 e. The summed E-state index contributed by atoms with van der Waals surface area (Å²) in [6.45, 7) is 6.54. The second-order valence-corrected chi connectivity index (χ2v) is 2.65. The molecule has 0 aliphatic carbocycles. The summed E-state index contributed by atoms with van der Waals surface area (Å²) in [4.78, 5) is 0. The minimum absolute atomic E-state index is 0.704. The second-order valence-electron chi connectivity index (χ2n) is 2.65. The van der Waals surface area contributed by atoms with Gasteiger partial charge in [-0.15, -0.1) is 0 Å². The summed E-state index contributed by atoms with van der Waals surface area (Å²) in [5.74, 6) is 1.41. The van der Waals surface area contributed by atoms with Crippen LogP contribution in [0.1, 0.15) is 13.8 Å². The molecule has 2 heterocycles. The standard InChI is InChI=1S/2C4H7O2.BFO2/c2*1-4-5-2-3-6-4;2-1(3)4/h2*2-3H2,1H3;/q2*+1;-2. The Hall–Kier alpha value is -1.15. The third kappa shape index (κ3) is 10.9. The zero-order valence-corrected chi connectivity index (χ0v) is 9.23. The van der Waals surface area contributed by atoms with E-state index in [4.69, 9.17) is 28.4 Å². The monoisotopic (exact) mass is 236 g/mol. The van der Waals surface area contributed by atoms with Crippen LogP contribution in [-0.2, 0) is 18.3 Å². The molecule has 0 saturated heterocycles. The number of rotatable bonds is 0. The first-order chi connectivity index (χ1) is 7.52. The van der Waals surface area contributed by atoms with Crippen LogP contribution >= 0.6 is 0 Å². The third-order valence-corrected chi connectivity index (χ3v) is 1.39. The van der Waals surface area contributed by atoms with Crippen molar-refractivity contribution in [3.8, 4) is 0 Å². The molecule has 8 heteroatoms. The number of hydrogen-bond acceptors (Lipinski definition) is 4. The van der Waals surface area contributed by atoms with Gasteiger partial charge in [-0.25, -0.2) is 0 Å². The van der Waals surface area contributed by atoms with Gasteiger partial charge in [0.25, 0.3) is 0 Å². The number of esters is 2. The van der Waals surface area contributed by atoms with Crippen molar-refractivity contribution in [1.82, 2.24) is 0 Å². The summed E-state index contributed by atoms with van der Waals surface area (Å²) in [5, 5.41) is 16.6. The van der Waals surface area contributed by atoms with E-state index in [2.05, 4.69) is 0 Å². The number of halogens is 1. The number of hydrogen-bond donors (Lipinski definition) is 0. The van der Waals surface area contributed by atoms with Gasteiger partial charge in [0, 0.05) is 0 Å². The first-order valence-electron chi connectivity index (χ1n) is 4.66. The molecule has 16 heavy (non-hydrogen) atoms. The van der Waals surface area contributed by atoms with Crippen LogP contribution in [0.15, 0.2) is 0 Å². The Balaban J connectivity index is 0.000000217. The van der Waals surface area contributed by atoms with Crippen molar-refractivity contribution in [2.45, 2.75) is 13.8 Å². The summed E-state index contributed by atoms with van der Waals surface area (Å²) in [6, 6.07) is 0. The predicted octanol–water partition coefficient (Wildman–Crippen LogP) is -2.14. The van der Waals surface area contributed by atoms with Crippen molar-refractivity contribution in [2.75, 3.05) is 26.4 Å². The summed E-state index contributed by atoms with van der Waals surface area (Å²) in [5.41, 5.74) is 0. The van der Waals surface area contributed by atoms with Crippen LogP contribution < -0.4 is 10.0 Å². The van der Waals surface area contributed by atoms with E-state index in [1.165, 1.54) is 0 Å². The van der Waals surface area contributed by atoms with E-state index in [0.29, 0.717) is 11.9 Å². The molecule has 2 aliphatic heterocycles. The highest BCUT2D eigenvalue weighted by Gasteiger charge is 2.13. The lowest BCUT2D eigenvalue weighted by Crippen LogP contribution is -2.39. The Morgan fingerprint density at radius 3 is 1.44 bits per heavy atom. The maximum Gasteiger partial charge on any atom is 0.481 e. The van der Waals surface area contributed by atoms with Crippen molar-refractivity contribution in [1.29, 1.82) is 0 Å². The first kappa shape index (κ1) is 14.9. The predicted molar refractivity (Wildman–Crippen MR) is 49.9 cm³/mol. The minimum atomic E-state index is -3.17. The Kier molecular flexibility index (Phi) is 8.46. The van der Waals surface area contributed by atoms with E-state index in [0.717, 1.165) is 26.4 Å². The van der Waals surface area contributed by atoms with Gasteiger partial charge >= 0.3 is 11.9 Å². The molecular formula is C8H14BFO6. The molecule has 2 rings (SSSR count). The van der Waals surface area contributed by atoms with E-state index in [1.807, 2.05) is 13.8 Å². The molecule has 0 bridgehead atoms. The number of cyclic esters (lactones) is 2. The second kappa shape index (κ2) is 9.11. The fraction of sp³-hybridized carbons (Fsp3) is 0.750. The maximum absolute atomic E-state index is 9.89. The number of ether oxygens (including phenoxy) is 2. The number of carbonyl (C=O) groups excluding carboxylic acids is 2. The van der Waals surface area contributed by atoms with Crippen LogP contribution in [-0.4, -0.2) is 45.8 Å². The minimum Gasteiger partial charge on any atom is -0.867 e. The molecule has 0 aromatic rings. The Bertz CT molecular complexity index is 218. The molecular weight excluding hydrogens is 222 g/mol. The highest BCUT2D eigenvalue weighted by molar-refractivity contribution is 6.27. The summed E-state index contributed by atoms with van der Waals surface area (Å²) < 4.78 is 29.3.